The molecule has 0 aromatic rings. The average molecular weight is 387 g/mol. The van der Waals surface area contributed by atoms with Crippen LogP contribution in [0.15, 0.2) is 12.2 Å². The van der Waals surface area contributed by atoms with Crippen LogP contribution in [-0.2, 0) is 4.74 Å². The van der Waals surface area contributed by atoms with Gasteiger partial charge in [0.05, 0.1) is 12.2 Å². The number of allylic oxidation sites excluding steroid dienone is 1. The van der Waals surface area contributed by atoms with Crippen LogP contribution in [0.4, 0.5) is 0 Å². The third kappa shape index (κ3) is 2.23. The second-order valence-corrected chi connectivity index (χ2v) is 11.8. The lowest BCUT2D eigenvalue weighted by Crippen LogP contribution is -2.57. The number of fused-ring (bicyclic) bond motifs is 4. The second kappa shape index (κ2) is 6.33. The maximum absolute atomic E-state index is 10.7. The molecule has 0 radical (unpaired) electrons. The van der Waals surface area contributed by atoms with E-state index >= 15 is 0 Å². The van der Waals surface area contributed by atoms with Crippen molar-refractivity contribution in [3.63, 3.8) is 0 Å². The zero-order valence-electron chi connectivity index (χ0n) is 18.8. The lowest BCUT2D eigenvalue weighted by atomic mass is 9.45. The Morgan fingerprint density at radius 2 is 1.86 bits per heavy atom. The summed E-state index contributed by atoms with van der Waals surface area (Å²) in [5.74, 6) is 4.58. The van der Waals surface area contributed by atoms with Gasteiger partial charge < -0.3 is 9.84 Å². The van der Waals surface area contributed by atoms with E-state index < -0.39 is 0 Å². The Morgan fingerprint density at radius 1 is 1.07 bits per heavy atom. The molecule has 158 valence electrons. The minimum Gasteiger partial charge on any atom is -0.389 e. The summed E-state index contributed by atoms with van der Waals surface area (Å²) in [4.78, 5) is 0. The zero-order chi connectivity index (χ0) is 19.9. The van der Waals surface area contributed by atoms with Gasteiger partial charge in [-0.05, 0) is 105 Å². The van der Waals surface area contributed by atoms with Gasteiger partial charge in [0.1, 0.15) is 0 Å². The van der Waals surface area contributed by atoms with E-state index in [1.54, 1.807) is 0 Å². The van der Waals surface area contributed by atoms with Crippen LogP contribution in [0.5, 0.6) is 0 Å². The molecular formula is C26H42O2. The van der Waals surface area contributed by atoms with Gasteiger partial charge in [-0.2, -0.15) is 0 Å². The number of hydrogen-bond acceptors (Lipinski definition) is 2. The highest BCUT2D eigenvalue weighted by Gasteiger charge is 2.77. The van der Waals surface area contributed by atoms with Gasteiger partial charge in [-0.25, -0.2) is 0 Å². The van der Waals surface area contributed by atoms with Crippen molar-refractivity contribution < 1.29 is 9.84 Å². The van der Waals surface area contributed by atoms with Gasteiger partial charge in [0, 0.05) is 12.5 Å². The quantitative estimate of drug-likeness (QED) is 0.615. The van der Waals surface area contributed by atoms with Crippen LogP contribution in [0, 0.1) is 51.8 Å². The molecular weight excluding hydrogens is 344 g/mol. The predicted octanol–water partition coefficient (Wildman–Crippen LogP) is 5.84. The molecule has 0 aromatic heterocycles. The fourth-order valence-electron chi connectivity index (χ4n) is 10.1. The zero-order valence-corrected chi connectivity index (χ0v) is 18.8. The molecule has 5 aliphatic rings. The highest BCUT2D eigenvalue weighted by Crippen LogP contribution is 2.82. The van der Waals surface area contributed by atoms with E-state index in [-0.39, 0.29) is 6.10 Å². The molecule has 2 nitrogen and oxygen atoms in total. The lowest BCUT2D eigenvalue weighted by molar-refractivity contribution is -0.162. The first-order chi connectivity index (χ1) is 13.3. The monoisotopic (exact) mass is 386 g/mol. The van der Waals surface area contributed by atoms with Gasteiger partial charge in [0.2, 0.25) is 0 Å². The van der Waals surface area contributed by atoms with E-state index in [1.807, 2.05) is 26.2 Å². The van der Waals surface area contributed by atoms with Gasteiger partial charge in [0.25, 0.3) is 0 Å². The maximum Gasteiger partial charge on any atom is 0.0749 e. The van der Waals surface area contributed by atoms with E-state index in [2.05, 4.69) is 20.8 Å². The SMILES string of the molecule is C/C=C/[C@H](O)[C@@H](C)[C@H]1CC[C@H]2[C@@H]3C[C@@H](OC)[C@]45C[C@H]4CC[C@]5(C)[C@H]3CC[C@]12C. The molecule has 5 fully saturated rings. The first-order valence-corrected chi connectivity index (χ1v) is 12.2. The smallest absolute Gasteiger partial charge is 0.0749 e. The molecule has 0 saturated heterocycles. The van der Waals surface area contributed by atoms with Gasteiger partial charge in [-0.1, -0.05) is 32.9 Å². The Hall–Kier alpha value is -0.340. The van der Waals surface area contributed by atoms with Crippen molar-refractivity contribution in [2.75, 3.05) is 7.11 Å². The number of methoxy groups -OCH3 is 1. The molecule has 2 heteroatoms. The van der Waals surface area contributed by atoms with Crippen molar-refractivity contribution in [3.05, 3.63) is 12.2 Å². The summed E-state index contributed by atoms with van der Waals surface area (Å²) in [7, 11) is 1.99. The number of aliphatic hydroxyl groups excluding tert-OH is 1. The molecule has 1 N–H and O–H groups in total. The molecule has 28 heavy (non-hydrogen) atoms. The number of hydrogen-bond donors (Lipinski definition) is 1. The minimum atomic E-state index is -0.288. The largest absolute Gasteiger partial charge is 0.389 e. The first kappa shape index (κ1) is 19.6. The van der Waals surface area contributed by atoms with E-state index in [0.29, 0.717) is 34.2 Å². The van der Waals surface area contributed by atoms with Crippen molar-refractivity contribution in [2.45, 2.75) is 91.3 Å². The molecule has 1 spiro atoms. The Bertz CT molecular complexity index is 657. The van der Waals surface area contributed by atoms with E-state index in [9.17, 15) is 5.11 Å². The van der Waals surface area contributed by atoms with Gasteiger partial charge in [-0.15, -0.1) is 0 Å². The molecule has 0 heterocycles. The highest BCUT2D eigenvalue weighted by atomic mass is 16.5. The van der Waals surface area contributed by atoms with Gasteiger partial charge in [0.15, 0.2) is 0 Å². The summed E-state index contributed by atoms with van der Waals surface area (Å²) in [5.41, 5.74) is 1.46. The van der Waals surface area contributed by atoms with Crippen LogP contribution < -0.4 is 0 Å². The summed E-state index contributed by atoms with van der Waals surface area (Å²) in [6.07, 6.45) is 15.4. The van der Waals surface area contributed by atoms with E-state index in [4.69, 9.17) is 4.74 Å². The third-order valence-corrected chi connectivity index (χ3v) is 11.5. The Kier molecular flexibility index (Phi) is 4.43. The Labute approximate surface area is 172 Å². The molecule has 0 aliphatic heterocycles. The standard InChI is InChI=1S/C26H42O2/c1-6-7-22(27)16(2)19-8-9-20-18-14-23(28-5)26-15-17(26)10-13-25(26,4)21(18)11-12-24(19,20)3/h6-7,16-23,27H,8-15H2,1-5H3/b7-6+/t16-,17+,18-,19+,20-,21-,22-,23+,24+,25+,26-/m0/s1. The number of aliphatic hydroxyl groups is 1. The molecule has 5 saturated carbocycles. The fourth-order valence-corrected chi connectivity index (χ4v) is 10.1. The van der Waals surface area contributed by atoms with E-state index in [1.165, 1.54) is 51.4 Å². The molecule has 0 aromatic carbocycles. The van der Waals surface area contributed by atoms with Crippen LogP contribution in [0.1, 0.15) is 79.1 Å². The molecule has 11 atom stereocenters. The van der Waals surface area contributed by atoms with Gasteiger partial charge in [-0.3, -0.25) is 0 Å². The van der Waals surface area contributed by atoms with Crippen molar-refractivity contribution >= 4 is 0 Å². The topological polar surface area (TPSA) is 29.5 Å². The normalized spacial score (nSPS) is 56.6. The van der Waals surface area contributed by atoms with Crippen LogP contribution in [0.25, 0.3) is 0 Å². The third-order valence-electron chi connectivity index (χ3n) is 11.5. The Balaban J connectivity index is 1.44. The van der Waals surface area contributed by atoms with Gasteiger partial charge >= 0.3 is 0 Å². The lowest BCUT2D eigenvalue weighted by Gasteiger charge is -2.61. The van der Waals surface area contributed by atoms with Crippen molar-refractivity contribution in [1.29, 1.82) is 0 Å². The minimum absolute atomic E-state index is 0.288. The predicted molar refractivity (Wildman–Crippen MR) is 114 cm³/mol. The van der Waals surface area contributed by atoms with E-state index in [0.717, 1.165) is 23.7 Å². The maximum atomic E-state index is 10.7. The van der Waals surface area contributed by atoms with Crippen LogP contribution in [0.2, 0.25) is 0 Å². The molecule has 0 bridgehead atoms. The summed E-state index contributed by atoms with van der Waals surface area (Å²) < 4.78 is 6.24. The molecule has 0 amide bonds. The van der Waals surface area contributed by atoms with Crippen molar-refractivity contribution in [3.8, 4) is 0 Å². The van der Waals surface area contributed by atoms with Crippen LogP contribution in [0.3, 0.4) is 0 Å². The average Bonchev–Trinajstić information content (AvgIpc) is 3.18. The van der Waals surface area contributed by atoms with Crippen LogP contribution in [-0.4, -0.2) is 24.4 Å². The summed E-state index contributed by atoms with van der Waals surface area (Å²) in [5, 5.41) is 10.7. The summed E-state index contributed by atoms with van der Waals surface area (Å²) >= 11 is 0. The number of rotatable bonds is 4. The molecule has 0 unspecified atom stereocenters. The number of ether oxygens (including phenoxy) is 1. The highest BCUT2D eigenvalue weighted by molar-refractivity contribution is 5.26. The second-order valence-electron chi connectivity index (χ2n) is 11.8. The summed E-state index contributed by atoms with van der Waals surface area (Å²) in [6, 6.07) is 0. The molecule has 5 rings (SSSR count). The summed E-state index contributed by atoms with van der Waals surface area (Å²) in [6.45, 7) is 9.58. The van der Waals surface area contributed by atoms with Crippen molar-refractivity contribution in [1.82, 2.24) is 0 Å². The van der Waals surface area contributed by atoms with Crippen LogP contribution >= 0.6 is 0 Å². The van der Waals surface area contributed by atoms with Crippen molar-refractivity contribution in [2.24, 2.45) is 51.8 Å². The Morgan fingerprint density at radius 3 is 2.54 bits per heavy atom. The fraction of sp³-hybridized carbons (Fsp3) is 0.923. The first-order valence-electron chi connectivity index (χ1n) is 12.2. The molecule has 5 aliphatic carbocycles.